The molecule has 15 heteroatoms. The second kappa shape index (κ2) is 13.2. The summed E-state index contributed by atoms with van der Waals surface area (Å²) in [7, 11) is 0. The Labute approximate surface area is 277 Å². The summed E-state index contributed by atoms with van der Waals surface area (Å²) in [5.74, 6) is -2.09. The summed E-state index contributed by atoms with van der Waals surface area (Å²) >= 11 is 9.73. The molecule has 2 aromatic carbocycles. The van der Waals surface area contributed by atoms with Gasteiger partial charge in [-0.25, -0.2) is 9.37 Å². The topological polar surface area (TPSA) is 182 Å². The number of anilines is 1. The standard InChI is InChI=1S/C26H27BrClFN4O2.C5H6N4O2/c1-15(2)33-22-13-16(27)3-5-19(22)23(31-33)24(34)30-18-7-9-26(10-8-18)11-12-32(25(26)35)21-6-4-17(29)14-20(21)28;6-4(10)2-3(5(7)11)9-1-8-2/h3-6,13-15,18H,7-12H2,1-2H3,(H,30,34);1H,(H2,6,10)(H2,7,11)(H,8,9). The monoisotopic (exact) mass is 714 g/mol. The first-order chi connectivity index (χ1) is 21.8. The minimum Gasteiger partial charge on any atom is -0.364 e. The second-order valence-electron chi connectivity index (χ2n) is 11.7. The summed E-state index contributed by atoms with van der Waals surface area (Å²) in [5, 5.41) is 8.85. The van der Waals surface area contributed by atoms with Crippen molar-refractivity contribution < 1.29 is 23.6 Å². The molecule has 0 bridgehead atoms. The van der Waals surface area contributed by atoms with Gasteiger partial charge < -0.3 is 26.7 Å². The molecule has 46 heavy (non-hydrogen) atoms. The number of primary amides is 2. The van der Waals surface area contributed by atoms with E-state index in [2.05, 4.69) is 36.3 Å². The number of nitrogens with one attached hydrogen (secondary N) is 2. The predicted molar refractivity (Wildman–Crippen MR) is 174 cm³/mol. The molecule has 6 rings (SSSR count). The Morgan fingerprint density at radius 1 is 1.09 bits per heavy atom. The Morgan fingerprint density at radius 3 is 2.41 bits per heavy atom. The Morgan fingerprint density at radius 2 is 1.80 bits per heavy atom. The fourth-order valence-corrected chi connectivity index (χ4v) is 6.74. The van der Waals surface area contributed by atoms with Gasteiger partial charge in [-0.05, 0) is 82.3 Å². The van der Waals surface area contributed by atoms with Crippen molar-refractivity contribution in [1.82, 2.24) is 25.1 Å². The first-order valence-electron chi connectivity index (χ1n) is 14.7. The first kappa shape index (κ1) is 33.1. The number of aromatic amines is 1. The van der Waals surface area contributed by atoms with Gasteiger partial charge in [0.05, 0.1) is 28.0 Å². The number of benzene rings is 2. The van der Waals surface area contributed by atoms with Crippen molar-refractivity contribution in [3.8, 4) is 0 Å². The van der Waals surface area contributed by atoms with Crippen LogP contribution in [0.3, 0.4) is 0 Å². The van der Waals surface area contributed by atoms with E-state index in [0.717, 1.165) is 34.6 Å². The van der Waals surface area contributed by atoms with Crippen molar-refractivity contribution >= 4 is 67.7 Å². The average Bonchev–Trinajstić information content (AvgIpc) is 3.72. The summed E-state index contributed by atoms with van der Waals surface area (Å²) in [6.45, 7) is 4.64. The molecule has 1 spiro atoms. The molecule has 2 aliphatic rings. The lowest BCUT2D eigenvalue weighted by atomic mass is 9.71. The highest BCUT2D eigenvalue weighted by molar-refractivity contribution is 9.10. The lowest BCUT2D eigenvalue weighted by Crippen LogP contribution is -2.44. The number of carbonyl (C=O) groups is 4. The Kier molecular flexibility index (Phi) is 9.49. The van der Waals surface area contributed by atoms with Gasteiger partial charge in [-0.3, -0.25) is 23.9 Å². The van der Waals surface area contributed by atoms with Crippen molar-refractivity contribution in [2.45, 2.75) is 58.0 Å². The summed E-state index contributed by atoms with van der Waals surface area (Å²) < 4.78 is 16.3. The van der Waals surface area contributed by atoms with Crippen LogP contribution in [0.25, 0.3) is 10.9 Å². The van der Waals surface area contributed by atoms with Crippen LogP contribution in [-0.4, -0.2) is 56.0 Å². The van der Waals surface area contributed by atoms with E-state index in [1.165, 1.54) is 18.5 Å². The summed E-state index contributed by atoms with van der Waals surface area (Å²) in [6, 6.07) is 10.1. The summed E-state index contributed by atoms with van der Waals surface area (Å²) in [4.78, 5) is 55.2. The maximum atomic E-state index is 13.5. The van der Waals surface area contributed by atoms with E-state index in [4.69, 9.17) is 23.1 Å². The van der Waals surface area contributed by atoms with Crippen LogP contribution in [0, 0.1) is 11.2 Å². The molecule has 6 N–H and O–H groups in total. The number of halogens is 3. The zero-order chi connectivity index (χ0) is 33.3. The molecule has 1 aliphatic carbocycles. The number of H-pyrrole nitrogens is 1. The highest BCUT2D eigenvalue weighted by Gasteiger charge is 2.49. The van der Waals surface area contributed by atoms with Gasteiger partial charge in [0.1, 0.15) is 11.5 Å². The van der Waals surface area contributed by atoms with E-state index in [0.29, 0.717) is 30.8 Å². The third-order valence-electron chi connectivity index (χ3n) is 8.48. The zero-order valence-corrected chi connectivity index (χ0v) is 27.5. The molecule has 3 heterocycles. The smallest absolute Gasteiger partial charge is 0.272 e. The number of imidazole rings is 1. The van der Waals surface area contributed by atoms with Crippen molar-refractivity contribution in [1.29, 1.82) is 0 Å². The lowest BCUT2D eigenvalue weighted by molar-refractivity contribution is -0.127. The largest absolute Gasteiger partial charge is 0.364 e. The molecular formula is C31H33BrClFN8O4. The van der Waals surface area contributed by atoms with Crippen molar-refractivity contribution in [3.05, 3.63) is 75.1 Å². The number of nitrogens with two attached hydrogens (primary N) is 2. The number of carbonyl (C=O) groups excluding carboxylic acids is 4. The number of hydrogen-bond donors (Lipinski definition) is 4. The molecule has 1 saturated heterocycles. The van der Waals surface area contributed by atoms with Crippen LogP contribution >= 0.6 is 27.5 Å². The molecule has 242 valence electrons. The van der Waals surface area contributed by atoms with E-state index < -0.39 is 23.0 Å². The summed E-state index contributed by atoms with van der Waals surface area (Å²) in [6.07, 6.45) is 4.74. The maximum Gasteiger partial charge on any atom is 0.272 e. The maximum absolute atomic E-state index is 13.5. The van der Waals surface area contributed by atoms with E-state index >= 15 is 0 Å². The number of amides is 4. The van der Waals surface area contributed by atoms with Gasteiger partial charge in [-0.1, -0.05) is 27.5 Å². The Bertz CT molecular complexity index is 1800. The van der Waals surface area contributed by atoms with Gasteiger partial charge in [0.25, 0.3) is 17.7 Å². The van der Waals surface area contributed by atoms with Crippen LogP contribution < -0.4 is 21.7 Å². The summed E-state index contributed by atoms with van der Waals surface area (Å²) in [5.41, 5.74) is 11.0. The van der Waals surface area contributed by atoms with Crippen LogP contribution in [0.5, 0.6) is 0 Å². The van der Waals surface area contributed by atoms with Gasteiger partial charge in [0.15, 0.2) is 11.4 Å². The molecule has 4 amide bonds. The second-order valence-corrected chi connectivity index (χ2v) is 13.1. The molecule has 2 aromatic heterocycles. The molecule has 12 nitrogen and oxygen atoms in total. The van der Waals surface area contributed by atoms with E-state index in [1.54, 1.807) is 11.0 Å². The van der Waals surface area contributed by atoms with Gasteiger partial charge >= 0.3 is 0 Å². The van der Waals surface area contributed by atoms with Crippen LogP contribution in [-0.2, 0) is 4.79 Å². The third-order valence-corrected chi connectivity index (χ3v) is 9.28. The molecular weight excluding hydrogens is 683 g/mol. The van der Waals surface area contributed by atoms with Crippen LogP contribution in [0.1, 0.15) is 83.5 Å². The SMILES string of the molecule is CC(C)n1nc(C(=O)NC2CCC3(CC2)CCN(c2ccc(F)cc2Cl)C3=O)c2ccc(Br)cc21.NC(=O)c1nc[nH]c1C(N)=O. The minimum atomic E-state index is -0.778. The van der Waals surface area contributed by atoms with Crippen LogP contribution in [0.2, 0.25) is 5.02 Å². The van der Waals surface area contributed by atoms with E-state index in [9.17, 15) is 23.6 Å². The average molecular weight is 716 g/mol. The quantitative estimate of drug-likeness (QED) is 0.221. The number of hydrogen-bond acceptors (Lipinski definition) is 6. The molecule has 1 aliphatic heterocycles. The fraction of sp³-hybridized carbons (Fsp3) is 0.355. The normalized spacial score (nSPS) is 19.4. The molecule has 0 radical (unpaired) electrons. The Balaban J connectivity index is 0.000000322. The van der Waals surface area contributed by atoms with Crippen molar-refractivity contribution in [2.24, 2.45) is 16.9 Å². The molecule has 4 aromatic rings. The lowest BCUT2D eigenvalue weighted by Gasteiger charge is -2.36. The highest BCUT2D eigenvalue weighted by atomic mass is 79.9. The minimum absolute atomic E-state index is 0.0147. The van der Waals surface area contributed by atoms with Crippen LogP contribution in [0.15, 0.2) is 47.2 Å². The highest BCUT2D eigenvalue weighted by Crippen LogP contribution is 2.47. The van der Waals surface area contributed by atoms with Crippen LogP contribution in [0.4, 0.5) is 10.1 Å². The third kappa shape index (κ3) is 6.49. The molecule has 0 atom stereocenters. The number of rotatable bonds is 6. The van der Waals surface area contributed by atoms with Gasteiger partial charge in [-0.15, -0.1) is 0 Å². The number of nitrogens with zero attached hydrogens (tertiary/aromatic N) is 4. The molecule has 1 saturated carbocycles. The van der Waals surface area contributed by atoms with Gasteiger partial charge in [0, 0.05) is 28.5 Å². The van der Waals surface area contributed by atoms with Gasteiger partial charge in [-0.2, -0.15) is 5.10 Å². The van der Waals surface area contributed by atoms with Gasteiger partial charge in [0.2, 0.25) is 5.91 Å². The molecule has 0 unspecified atom stereocenters. The fourth-order valence-electron chi connectivity index (χ4n) is 6.12. The Hall–Kier alpha value is -4.30. The zero-order valence-electron chi connectivity index (χ0n) is 25.1. The van der Waals surface area contributed by atoms with Crippen molar-refractivity contribution in [3.63, 3.8) is 0 Å². The van der Waals surface area contributed by atoms with E-state index in [-0.39, 0.29) is 40.3 Å². The van der Waals surface area contributed by atoms with E-state index in [1.807, 2.05) is 36.7 Å². The number of fused-ring (bicyclic) bond motifs is 1. The molecule has 2 fully saturated rings. The number of aromatic nitrogens is 4. The first-order valence-corrected chi connectivity index (χ1v) is 15.9. The predicted octanol–water partition coefficient (Wildman–Crippen LogP) is 4.88. The van der Waals surface area contributed by atoms with Crippen molar-refractivity contribution in [2.75, 3.05) is 11.4 Å².